The van der Waals surface area contributed by atoms with E-state index < -0.39 is 17.5 Å². The lowest BCUT2D eigenvalue weighted by molar-refractivity contribution is -0.149. The van der Waals surface area contributed by atoms with E-state index >= 15 is 0 Å². The summed E-state index contributed by atoms with van der Waals surface area (Å²) in [5.41, 5.74) is 0.550. The first kappa shape index (κ1) is 25.2. The molecule has 1 amide bonds. The van der Waals surface area contributed by atoms with E-state index in [1.54, 1.807) is 12.1 Å². The number of rotatable bonds is 4. The molecule has 1 aliphatic heterocycles. The highest BCUT2D eigenvalue weighted by Crippen LogP contribution is 2.41. The van der Waals surface area contributed by atoms with Crippen LogP contribution in [-0.4, -0.2) is 66.5 Å². The van der Waals surface area contributed by atoms with Crippen LogP contribution in [0.25, 0.3) is 10.9 Å². The highest BCUT2D eigenvalue weighted by Gasteiger charge is 2.47. The van der Waals surface area contributed by atoms with Crippen molar-refractivity contribution in [2.45, 2.75) is 46.0 Å². The second-order valence-corrected chi connectivity index (χ2v) is 9.29. The van der Waals surface area contributed by atoms with Gasteiger partial charge in [0.25, 0.3) is 0 Å². The van der Waals surface area contributed by atoms with E-state index in [4.69, 9.17) is 14.2 Å². The fourth-order valence-corrected chi connectivity index (χ4v) is 3.58. The number of benzene rings is 1. The van der Waals surface area contributed by atoms with Crippen molar-refractivity contribution in [1.29, 1.82) is 0 Å². The molecule has 0 radical (unpaired) electrons. The molecule has 1 fully saturated rings. The molecule has 2 aromatic rings. The van der Waals surface area contributed by atoms with Gasteiger partial charge in [-0.2, -0.15) is 0 Å². The molecule has 0 aliphatic carbocycles. The van der Waals surface area contributed by atoms with Crippen molar-refractivity contribution >= 4 is 23.0 Å². The Kier molecular flexibility index (Phi) is 7.87. The van der Waals surface area contributed by atoms with E-state index in [0.29, 0.717) is 33.5 Å². The molecule has 2 heterocycles. The Hall–Kier alpha value is -3.10. The quantitative estimate of drug-likeness (QED) is 0.703. The van der Waals surface area contributed by atoms with E-state index in [9.17, 15) is 14.7 Å². The Labute approximate surface area is 188 Å². The van der Waals surface area contributed by atoms with Crippen molar-refractivity contribution in [3.05, 3.63) is 24.2 Å². The van der Waals surface area contributed by atoms with Crippen LogP contribution >= 0.6 is 0 Å². The molecular formula is C23H33N3O6. The van der Waals surface area contributed by atoms with Crippen molar-refractivity contribution < 1.29 is 28.9 Å². The van der Waals surface area contributed by atoms with Crippen LogP contribution in [0.15, 0.2) is 18.5 Å². The maximum absolute atomic E-state index is 12.8. The zero-order valence-electron chi connectivity index (χ0n) is 19.9. The lowest BCUT2D eigenvalue weighted by atomic mass is 9.74. The number of ether oxygens (including phenoxy) is 3. The fraction of sp³-hybridized carbons (Fsp3) is 0.565. The van der Waals surface area contributed by atoms with Gasteiger partial charge in [0.2, 0.25) is 0 Å². The molecule has 0 bridgehead atoms. The molecule has 0 unspecified atom stereocenters. The van der Waals surface area contributed by atoms with Crippen molar-refractivity contribution in [2.24, 2.45) is 5.41 Å². The van der Waals surface area contributed by atoms with Crippen molar-refractivity contribution in [3.63, 3.8) is 0 Å². The van der Waals surface area contributed by atoms with Gasteiger partial charge in [0, 0.05) is 24.5 Å². The van der Waals surface area contributed by atoms with Gasteiger partial charge in [-0.3, -0.25) is 4.79 Å². The largest absolute Gasteiger partial charge is 0.493 e. The van der Waals surface area contributed by atoms with Crippen LogP contribution in [0.3, 0.4) is 0 Å². The van der Waals surface area contributed by atoms with Crippen LogP contribution in [0.2, 0.25) is 0 Å². The van der Waals surface area contributed by atoms with E-state index in [1.165, 1.54) is 32.6 Å². The van der Waals surface area contributed by atoms with Crippen LogP contribution in [0.1, 0.15) is 46.2 Å². The average molecular weight is 448 g/mol. The molecule has 1 saturated heterocycles. The standard InChI is InChI=1S/C18H21N3O6.C5H12/c1-25-13-8-11-12(9-14(13)26-2)19-10-20-15(11)18(16(22)27-3)4-6-21(7-5-18)17(23)24;1-5(2,3)4/h8-10H,4-7H2,1-3H3,(H,23,24);1-4H3. The van der Waals surface area contributed by atoms with Gasteiger partial charge in [-0.1, -0.05) is 27.7 Å². The maximum Gasteiger partial charge on any atom is 0.407 e. The fourth-order valence-electron chi connectivity index (χ4n) is 3.58. The van der Waals surface area contributed by atoms with Crippen molar-refractivity contribution in [3.8, 4) is 11.5 Å². The number of fused-ring (bicyclic) bond motifs is 1. The molecule has 0 atom stereocenters. The number of nitrogens with zero attached hydrogens (tertiary/aromatic N) is 3. The van der Waals surface area contributed by atoms with Crippen LogP contribution in [0, 0.1) is 5.41 Å². The number of hydrogen-bond acceptors (Lipinski definition) is 7. The molecule has 9 heteroatoms. The summed E-state index contributed by atoms with van der Waals surface area (Å²) >= 11 is 0. The predicted octanol–water partition coefficient (Wildman–Crippen LogP) is 3.88. The van der Waals surface area contributed by atoms with Crippen LogP contribution in [0.4, 0.5) is 4.79 Å². The molecule has 1 aromatic carbocycles. The molecule has 1 aliphatic rings. The number of methoxy groups -OCH3 is 3. The monoisotopic (exact) mass is 447 g/mol. The summed E-state index contributed by atoms with van der Waals surface area (Å²) in [7, 11) is 4.37. The molecular weight excluding hydrogens is 414 g/mol. The molecule has 0 saturated carbocycles. The summed E-state index contributed by atoms with van der Waals surface area (Å²) < 4.78 is 15.8. The highest BCUT2D eigenvalue weighted by atomic mass is 16.5. The lowest BCUT2D eigenvalue weighted by Gasteiger charge is -2.38. The molecule has 0 spiro atoms. The predicted molar refractivity (Wildman–Crippen MR) is 120 cm³/mol. The number of piperidine rings is 1. The van der Waals surface area contributed by atoms with Crippen molar-refractivity contribution in [2.75, 3.05) is 34.4 Å². The summed E-state index contributed by atoms with van der Waals surface area (Å²) in [5, 5.41) is 9.87. The summed E-state index contributed by atoms with van der Waals surface area (Å²) in [6.07, 6.45) is 0.920. The molecule has 32 heavy (non-hydrogen) atoms. The van der Waals surface area contributed by atoms with Crippen molar-refractivity contribution in [1.82, 2.24) is 14.9 Å². The Bertz CT molecular complexity index is 956. The van der Waals surface area contributed by atoms with Crippen LogP contribution in [0.5, 0.6) is 11.5 Å². The first-order chi connectivity index (χ1) is 15.0. The zero-order chi connectivity index (χ0) is 24.1. The van der Waals surface area contributed by atoms with E-state index in [-0.39, 0.29) is 25.9 Å². The Morgan fingerprint density at radius 1 is 1.00 bits per heavy atom. The van der Waals surface area contributed by atoms with Gasteiger partial charge in [-0.15, -0.1) is 0 Å². The Balaban J connectivity index is 0.000000654. The van der Waals surface area contributed by atoms with Crippen LogP contribution in [-0.2, 0) is 14.9 Å². The number of esters is 1. The van der Waals surface area contributed by atoms with Gasteiger partial charge >= 0.3 is 12.1 Å². The third-order valence-corrected chi connectivity index (χ3v) is 5.06. The summed E-state index contributed by atoms with van der Waals surface area (Å²) in [4.78, 5) is 34.0. The lowest BCUT2D eigenvalue weighted by Crippen LogP contribution is -2.49. The molecule has 9 nitrogen and oxygen atoms in total. The molecule has 1 N–H and O–H groups in total. The first-order valence-electron chi connectivity index (χ1n) is 10.4. The Morgan fingerprint density at radius 2 is 1.53 bits per heavy atom. The molecule has 1 aromatic heterocycles. The molecule has 176 valence electrons. The number of hydrogen-bond donors (Lipinski definition) is 1. The summed E-state index contributed by atoms with van der Waals surface area (Å²) in [6, 6.07) is 3.45. The molecule has 3 rings (SSSR count). The number of carbonyl (C=O) groups excluding carboxylic acids is 1. The first-order valence-corrected chi connectivity index (χ1v) is 10.4. The third-order valence-electron chi connectivity index (χ3n) is 5.06. The topological polar surface area (TPSA) is 111 Å². The third kappa shape index (κ3) is 5.57. The second kappa shape index (κ2) is 10.0. The Morgan fingerprint density at radius 3 is 2.00 bits per heavy atom. The number of carbonyl (C=O) groups is 2. The number of aromatic nitrogens is 2. The van der Waals surface area contributed by atoms with E-state index in [2.05, 4.69) is 37.7 Å². The maximum atomic E-state index is 12.8. The van der Waals surface area contributed by atoms with E-state index in [1.807, 2.05) is 0 Å². The van der Waals surface area contributed by atoms with Gasteiger partial charge in [0.05, 0.1) is 32.5 Å². The summed E-state index contributed by atoms with van der Waals surface area (Å²) in [5.74, 6) is 0.564. The van der Waals surface area contributed by atoms with Gasteiger partial charge < -0.3 is 24.2 Å². The minimum absolute atomic E-state index is 0.212. The van der Waals surface area contributed by atoms with Crippen LogP contribution < -0.4 is 9.47 Å². The van der Waals surface area contributed by atoms with Gasteiger partial charge in [0.1, 0.15) is 11.7 Å². The normalized spacial score (nSPS) is 15.4. The summed E-state index contributed by atoms with van der Waals surface area (Å²) in [6.45, 7) is 9.17. The number of carboxylic acid groups (broad SMARTS) is 1. The van der Waals surface area contributed by atoms with Gasteiger partial charge in [0.15, 0.2) is 11.5 Å². The second-order valence-electron chi connectivity index (χ2n) is 9.29. The SMILES string of the molecule is CC(C)(C)C.COC(=O)C1(c2ncnc3cc(OC)c(OC)cc23)CCN(C(=O)O)CC1. The highest BCUT2D eigenvalue weighted by molar-refractivity contribution is 5.92. The van der Waals surface area contributed by atoms with E-state index in [0.717, 1.165) is 0 Å². The average Bonchev–Trinajstić information content (AvgIpc) is 2.75. The number of amides is 1. The number of likely N-dealkylation sites (tertiary alicyclic amines) is 1. The van der Waals surface area contributed by atoms with Gasteiger partial charge in [-0.05, 0) is 24.3 Å². The smallest absolute Gasteiger partial charge is 0.407 e. The minimum atomic E-state index is -1.05. The van der Waals surface area contributed by atoms with Gasteiger partial charge in [-0.25, -0.2) is 14.8 Å². The zero-order valence-corrected chi connectivity index (χ0v) is 19.9. The minimum Gasteiger partial charge on any atom is -0.493 e.